The molecule has 4 fully saturated rings. The van der Waals surface area contributed by atoms with Gasteiger partial charge in [0.25, 0.3) is 10.1 Å². The lowest BCUT2D eigenvalue weighted by atomic mass is 9.72. The van der Waals surface area contributed by atoms with E-state index in [1.807, 2.05) is 0 Å². The summed E-state index contributed by atoms with van der Waals surface area (Å²) in [5, 5.41) is 9.60. The van der Waals surface area contributed by atoms with Gasteiger partial charge in [-0.3, -0.25) is 14.2 Å². The van der Waals surface area contributed by atoms with E-state index in [1.54, 1.807) is 25.1 Å². The van der Waals surface area contributed by atoms with Crippen LogP contribution in [0.3, 0.4) is 0 Å². The number of hydrogen-bond donors (Lipinski definition) is 2. The summed E-state index contributed by atoms with van der Waals surface area (Å²) < 4.78 is 29.9. The van der Waals surface area contributed by atoms with Gasteiger partial charge in [0, 0.05) is 18.0 Å². The van der Waals surface area contributed by atoms with Gasteiger partial charge in [-0.05, 0) is 44.2 Å². The third-order valence-electron chi connectivity index (χ3n) is 5.30. The van der Waals surface area contributed by atoms with Gasteiger partial charge in [-0.15, -0.1) is 0 Å². The van der Waals surface area contributed by atoms with Gasteiger partial charge >= 0.3 is 0 Å². The topological polar surface area (TPSA) is 94.9 Å². The first kappa shape index (κ1) is 17.5. The SMILES string of the molecule is Cc1ccccc1S(=O)(=O)O.O=C1CN2[C@@H]3CC(O)C[C@@H]2CC1C3. The molecule has 0 unspecified atom stereocenters. The van der Waals surface area contributed by atoms with Crippen LogP contribution in [0.4, 0.5) is 0 Å². The van der Waals surface area contributed by atoms with E-state index < -0.39 is 10.1 Å². The lowest BCUT2D eigenvalue weighted by Crippen LogP contribution is -2.62. The van der Waals surface area contributed by atoms with E-state index in [-0.39, 0.29) is 11.0 Å². The maximum Gasteiger partial charge on any atom is 0.294 e. The summed E-state index contributed by atoms with van der Waals surface area (Å²) in [5.74, 6) is 0.761. The van der Waals surface area contributed by atoms with Crippen LogP contribution in [0.1, 0.15) is 31.2 Å². The first-order valence-corrected chi connectivity index (χ1v) is 9.69. The molecule has 0 amide bonds. The fraction of sp³-hybridized carbons (Fsp3) is 0.588. The van der Waals surface area contributed by atoms with E-state index in [4.69, 9.17) is 4.55 Å². The molecule has 132 valence electrons. The van der Waals surface area contributed by atoms with Crippen molar-refractivity contribution in [3.63, 3.8) is 0 Å². The smallest absolute Gasteiger partial charge is 0.294 e. The first-order chi connectivity index (χ1) is 11.3. The number of carbonyl (C=O) groups is 1. The van der Waals surface area contributed by atoms with Crippen LogP contribution in [-0.4, -0.2) is 53.5 Å². The molecule has 0 aromatic heterocycles. The Morgan fingerprint density at radius 2 is 1.67 bits per heavy atom. The Hall–Kier alpha value is -1.28. The Balaban J connectivity index is 0.000000144. The Labute approximate surface area is 142 Å². The predicted molar refractivity (Wildman–Crippen MR) is 88.2 cm³/mol. The zero-order valence-electron chi connectivity index (χ0n) is 13.6. The number of piperidine rings is 4. The minimum Gasteiger partial charge on any atom is -0.393 e. The summed E-state index contributed by atoms with van der Waals surface area (Å²) in [6.45, 7) is 2.29. The van der Waals surface area contributed by atoms with Gasteiger partial charge in [0.1, 0.15) is 5.78 Å². The Morgan fingerprint density at radius 3 is 2.12 bits per heavy atom. The number of benzene rings is 1. The van der Waals surface area contributed by atoms with Crippen molar-refractivity contribution in [2.45, 2.75) is 55.7 Å². The number of Topliss-reactive ketones (excluding diaryl/α,β-unsaturated/α-hetero) is 1. The number of fused-ring (bicyclic) bond motifs is 1. The molecular formula is C17H23NO5S. The highest BCUT2D eigenvalue weighted by atomic mass is 32.2. The highest BCUT2D eigenvalue weighted by Crippen LogP contribution is 2.41. The van der Waals surface area contributed by atoms with Crippen molar-refractivity contribution in [2.24, 2.45) is 5.92 Å². The van der Waals surface area contributed by atoms with E-state index in [2.05, 4.69) is 4.90 Å². The number of ketones is 1. The van der Waals surface area contributed by atoms with Crippen molar-refractivity contribution >= 4 is 15.9 Å². The number of hydrogen-bond acceptors (Lipinski definition) is 5. The minimum atomic E-state index is -4.03. The van der Waals surface area contributed by atoms with Crippen molar-refractivity contribution < 1.29 is 22.9 Å². The maximum atomic E-state index is 11.5. The molecule has 1 aromatic carbocycles. The third kappa shape index (κ3) is 3.54. The molecule has 2 atom stereocenters. The second-order valence-electron chi connectivity index (χ2n) is 6.98. The lowest BCUT2D eigenvalue weighted by Gasteiger charge is -2.53. The highest BCUT2D eigenvalue weighted by molar-refractivity contribution is 7.85. The van der Waals surface area contributed by atoms with Crippen LogP contribution < -0.4 is 0 Å². The molecule has 4 bridgehead atoms. The van der Waals surface area contributed by atoms with Crippen molar-refractivity contribution in [3.8, 4) is 0 Å². The van der Waals surface area contributed by atoms with E-state index in [0.29, 0.717) is 35.9 Å². The number of aryl methyl sites for hydroxylation is 1. The Kier molecular flexibility index (Phi) is 4.79. The average molecular weight is 353 g/mol. The van der Waals surface area contributed by atoms with E-state index in [9.17, 15) is 18.3 Å². The molecule has 0 saturated carbocycles. The number of aliphatic hydroxyl groups excluding tert-OH is 1. The van der Waals surface area contributed by atoms with Crippen molar-refractivity contribution in [1.29, 1.82) is 0 Å². The Morgan fingerprint density at radius 1 is 1.08 bits per heavy atom. The van der Waals surface area contributed by atoms with Crippen LogP contribution in [-0.2, 0) is 14.9 Å². The van der Waals surface area contributed by atoms with Crippen molar-refractivity contribution in [2.75, 3.05) is 6.54 Å². The van der Waals surface area contributed by atoms with Crippen molar-refractivity contribution in [1.82, 2.24) is 4.90 Å². The number of rotatable bonds is 1. The molecular weight excluding hydrogens is 330 g/mol. The van der Waals surface area contributed by atoms with Crippen molar-refractivity contribution in [3.05, 3.63) is 29.8 Å². The van der Waals surface area contributed by atoms with Gasteiger partial charge in [-0.1, -0.05) is 18.2 Å². The molecule has 7 heteroatoms. The summed E-state index contributed by atoms with van der Waals surface area (Å²) in [5.41, 5.74) is 0.551. The molecule has 5 rings (SSSR count). The Bertz CT molecular complexity index is 716. The first-order valence-electron chi connectivity index (χ1n) is 8.25. The van der Waals surface area contributed by atoms with Crippen LogP contribution in [0.2, 0.25) is 0 Å². The summed E-state index contributed by atoms with van der Waals surface area (Å²) >= 11 is 0. The quantitative estimate of drug-likeness (QED) is 0.742. The maximum absolute atomic E-state index is 11.5. The molecule has 4 aliphatic heterocycles. The van der Waals surface area contributed by atoms with Crippen LogP contribution in [0.25, 0.3) is 0 Å². The molecule has 4 saturated heterocycles. The van der Waals surface area contributed by atoms with E-state index >= 15 is 0 Å². The summed E-state index contributed by atoms with van der Waals surface area (Å²) in [6, 6.07) is 7.28. The fourth-order valence-corrected chi connectivity index (χ4v) is 4.91. The highest BCUT2D eigenvalue weighted by Gasteiger charge is 2.48. The van der Waals surface area contributed by atoms with Gasteiger partial charge < -0.3 is 5.11 Å². The van der Waals surface area contributed by atoms with E-state index in [0.717, 1.165) is 25.7 Å². The summed E-state index contributed by atoms with van der Waals surface area (Å²) in [4.78, 5) is 13.8. The average Bonchev–Trinajstić information content (AvgIpc) is 2.47. The standard InChI is InChI=1S/C10H15NO2.C7H8O3S/c12-9-3-7-1-6-2-8(4-9)11(7)5-10(6)13;1-6-4-2-3-5-7(6)11(8,9)10/h6-9,12H,1-5H2;2-5H,1H3,(H,8,9,10)/t6?,7-,8-,9?;/m0./s1. The summed E-state index contributed by atoms with van der Waals surface area (Å²) in [7, 11) is -4.03. The molecule has 4 aliphatic rings. The number of carbonyl (C=O) groups excluding carboxylic acids is 1. The predicted octanol–water partition coefficient (Wildman–Crippen LogP) is 1.41. The second kappa shape index (κ2) is 6.55. The van der Waals surface area contributed by atoms with Gasteiger partial charge in [0.05, 0.1) is 17.5 Å². The molecule has 2 N–H and O–H groups in total. The normalized spacial score (nSPS) is 34.5. The number of aliphatic hydroxyl groups is 1. The van der Waals surface area contributed by atoms with Crippen LogP contribution in [0, 0.1) is 12.8 Å². The molecule has 6 nitrogen and oxygen atoms in total. The van der Waals surface area contributed by atoms with Gasteiger partial charge in [-0.2, -0.15) is 8.42 Å². The number of nitrogens with zero attached hydrogens (tertiary/aromatic N) is 1. The monoisotopic (exact) mass is 353 g/mol. The van der Waals surface area contributed by atoms with Gasteiger partial charge in [-0.25, -0.2) is 0 Å². The molecule has 0 spiro atoms. The molecule has 24 heavy (non-hydrogen) atoms. The zero-order valence-corrected chi connectivity index (χ0v) is 14.4. The largest absolute Gasteiger partial charge is 0.393 e. The minimum absolute atomic E-state index is 0.0278. The van der Waals surface area contributed by atoms with Crippen LogP contribution >= 0.6 is 0 Å². The fourth-order valence-electron chi connectivity index (χ4n) is 4.19. The van der Waals surface area contributed by atoms with Crippen LogP contribution in [0.15, 0.2) is 29.2 Å². The lowest BCUT2D eigenvalue weighted by molar-refractivity contribution is -0.144. The molecule has 0 radical (unpaired) electrons. The summed E-state index contributed by atoms with van der Waals surface area (Å²) in [6.07, 6.45) is 3.68. The third-order valence-corrected chi connectivity index (χ3v) is 6.32. The zero-order chi connectivity index (χ0) is 17.5. The van der Waals surface area contributed by atoms with Gasteiger partial charge in [0.2, 0.25) is 0 Å². The molecule has 1 aromatic rings. The molecule has 4 heterocycles. The molecule has 0 aliphatic carbocycles. The van der Waals surface area contributed by atoms with E-state index in [1.165, 1.54) is 6.07 Å². The van der Waals surface area contributed by atoms with Gasteiger partial charge in [0.15, 0.2) is 0 Å². The second-order valence-corrected chi connectivity index (χ2v) is 8.37. The van der Waals surface area contributed by atoms with Crippen LogP contribution in [0.5, 0.6) is 0 Å².